The molecule has 0 aromatic heterocycles. The number of aliphatic imine (C=N–C) groups is 1. The third-order valence-corrected chi connectivity index (χ3v) is 4.70. The number of benzene rings is 1. The Balaban J connectivity index is 2.48. The first-order valence-corrected chi connectivity index (χ1v) is 8.37. The van der Waals surface area contributed by atoms with Crippen LogP contribution in [0, 0.1) is 12.8 Å². The molecule has 1 aromatic carbocycles. The summed E-state index contributed by atoms with van der Waals surface area (Å²) in [7, 11) is 1.29. The van der Waals surface area contributed by atoms with E-state index >= 15 is 0 Å². The standard InChI is InChI=1S/C18H25F3N2O2/c1-12(2)17(24,18(19,20)21)14-9-13(3)15(10-16(14)25-4)22-11-23-7-5-6-8-23/h9-12,24H,5-8H2,1-4H3. The van der Waals surface area contributed by atoms with E-state index in [0.717, 1.165) is 25.9 Å². The number of aliphatic hydroxyl groups is 1. The predicted molar refractivity (Wildman–Crippen MR) is 91.5 cm³/mol. The molecule has 0 spiro atoms. The number of hydrogen-bond donors (Lipinski definition) is 1. The lowest BCUT2D eigenvalue weighted by Gasteiger charge is -2.35. The molecule has 0 saturated carbocycles. The van der Waals surface area contributed by atoms with Gasteiger partial charge in [0, 0.05) is 24.7 Å². The minimum Gasteiger partial charge on any atom is -0.496 e. The highest BCUT2D eigenvalue weighted by atomic mass is 19.4. The van der Waals surface area contributed by atoms with E-state index in [1.54, 1.807) is 13.3 Å². The van der Waals surface area contributed by atoms with Crippen LogP contribution in [0.4, 0.5) is 18.9 Å². The number of halogens is 3. The third kappa shape index (κ3) is 3.76. The lowest BCUT2D eigenvalue weighted by molar-refractivity contribution is -0.283. The van der Waals surface area contributed by atoms with Gasteiger partial charge < -0.3 is 14.7 Å². The average Bonchev–Trinajstić information content (AvgIpc) is 3.04. The van der Waals surface area contributed by atoms with Crippen LogP contribution in [-0.4, -0.2) is 42.7 Å². The summed E-state index contributed by atoms with van der Waals surface area (Å²) < 4.78 is 46.0. The topological polar surface area (TPSA) is 45.1 Å². The van der Waals surface area contributed by atoms with Crippen molar-refractivity contribution in [1.29, 1.82) is 0 Å². The molecule has 2 rings (SSSR count). The van der Waals surface area contributed by atoms with E-state index in [1.807, 2.05) is 0 Å². The molecule has 140 valence electrons. The van der Waals surface area contributed by atoms with Crippen LogP contribution in [0.25, 0.3) is 0 Å². The molecular weight excluding hydrogens is 333 g/mol. The first-order chi connectivity index (χ1) is 11.6. The lowest BCUT2D eigenvalue weighted by Crippen LogP contribution is -2.47. The Labute approximate surface area is 146 Å². The maximum Gasteiger partial charge on any atom is 0.421 e. The third-order valence-electron chi connectivity index (χ3n) is 4.70. The van der Waals surface area contributed by atoms with E-state index in [4.69, 9.17) is 4.74 Å². The zero-order valence-corrected chi connectivity index (χ0v) is 15.0. The van der Waals surface area contributed by atoms with Crippen molar-refractivity contribution in [1.82, 2.24) is 4.90 Å². The van der Waals surface area contributed by atoms with Crippen LogP contribution < -0.4 is 4.74 Å². The Morgan fingerprint density at radius 3 is 2.32 bits per heavy atom. The molecule has 0 amide bonds. The van der Waals surface area contributed by atoms with Crippen LogP contribution in [0.1, 0.15) is 37.8 Å². The maximum absolute atomic E-state index is 13.6. The zero-order chi connectivity index (χ0) is 18.8. The van der Waals surface area contributed by atoms with Crippen molar-refractivity contribution in [3.8, 4) is 5.75 Å². The fourth-order valence-electron chi connectivity index (χ4n) is 3.08. The maximum atomic E-state index is 13.6. The summed E-state index contributed by atoms with van der Waals surface area (Å²) >= 11 is 0. The van der Waals surface area contributed by atoms with Gasteiger partial charge in [0.05, 0.1) is 19.1 Å². The normalized spacial score (nSPS) is 18.2. The number of rotatable bonds is 5. The molecule has 7 heteroatoms. The molecule has 4 nitrogen and oxygen atoms in total. The van der Waals surface area contributed by atoms with E-state index in [-0.39, 0.29) is 11.3 Å². The van der Waals surface area contributed by atoms with Crippen molar-refractivity contribution in [2.24, 2.45) is 10.9 Å². The molecule has 25 heavy (non-hydrogen) atoms. The van der Waals surface area contributed by atoms with Crippen LogP contribution in [0.15, 0.2) is 17.1 Å². The van der Waals surface area contributed by atoms with E-state index in [2.05, 4.69) is 9.89 Å². The number of methoxy groups -OCH3 is 1. The number of nitrogens with zero attached hydrogens (tertiary/aromatic N) is 2. The summed E-state index contributed by atoms with van der Waals surface area (Å²) in [5.41, 5.74) is -2.19. The van der Waals surface area contributed by atoms with Gasteiger partial charge in [-0.2, -0.15) is 13.2 Å². The highest BCUT2D eigenvalue weighted by Crippen LogP contribution is 2.48. The van der Waals surface area contributed by atoms with Gasteiger partial charge in [0.15, 0.2) is 5.60 Å². The summed E-state index contributed by atoms with van der Waals surface area (Å²) in [6, 6.07) is 2.78. The van der Waals surface area contributed by atoms with Gasteiger partial charge in [-0.1, -0.05) is 13.8 Å². The highest BCUT2D eigenvalue weighted by molar-refractivity contribution is 5.65. The molecule has 1 fully saturated rings. The second-order valence-electron chi connectivity index (χ2n) is 6.75. The number of aryl methyl sites for hydroxylation is 1. The molecular formula is C18H25F3N2O2. The van der Waals surface area contributed by atoms with Gasteiger partial charge in [-0.25, -0.2) is 4.99 Å². The predicted octanol–water partition coefficient (Wildman–Crippen LogP) is 4.17. The van der Waals surface area contributed by atoms with Gasteiger partial charge in [0.2, 0.25) is 0 Å². The molecule has 1 heterocycles. The van der Waals surface area contributed by atoms with Crippen molar-refractivity contribution in [2.45, 2.75) is 45.4 Å². The Morgan fingerprint density at radius 1 is 1.24 bits per heavy atom. The molecule has 1 atom stereocenters. The van der Waals surface area contributed by atoms with Gasteiger partial charge in [-0.3, -0.25) is 0 Å². The molecule has 1 aliphatic rings. The average molecular weight is 358 g/mol. The zero-order valence-electron chi connectivity index (χ0n) is 15.0. The van der Waals surface area contributed by atoms with Gasteiger partial charge in [0.25, 0.3) is 0 Å². The molecule has 0 radical (unpaired) electrons. The van der Waals surface area contributed by atoms with E-state index in [1.165, 1.54) is 33.1 Å². The van der Waals surface area contributed by atoms with E-state index in [0.29, 0.717) is 11.3 Å². The van der Waals surface area contributed by atoms with Crippen molar-refractivity contribution in [3.63, 3.8) is 0 Å². The van der Waals surface area contributed by atoms with Gasteiger partial charge in [-0.05, 0) is 37.3 Å². The fraction of sp³-hybridized carbons (Fsp3) is 0.611. The molecule has 0 bridgehead atoms. The molecule has 1 saturated heterocycles. The Morgan fingerprint density at radius 2 is 1.84 bits per heavy atom. The van der Waals surface area contributed by atoms with E-state index in [9.17, 15) is 18.3 Å². The summed E-state index contributed by atoms with van der Waals surface area (Å²) in [5, 5.41) is 10.5. The Hall–Kier alpha value is -1.76. The smallest absolute Gasteiger partial charge is 0.421 e. The van der Waals surface area contributed by atoms with Crippen molar-refractivity contribution >= 4 is 12.0 Å². The van der Waals surface area contributed by atoms with Crippen LogP contribution >= 0.6 is 0 Å². The molecule has 1 N–H and O–H groups in total. The van der Waals surface area contributed by atoms with Gasteiger partial charge >= 0.3 is 6.18 Å². The summed E-state index contributed by atoms with van der Waals surface area (Å²) in [6.07, 6.45) is -0.880. The summed E-state index contributed by atoms with van der Waals surface area (Å²) in [4.78, 5) is 6.45. The van der Waals surface area contributed by atoms with Gasteiger partial charge in [0.1, 0.15) is 5.75 Å². The summed E-state index contributed by atoms with van der Waals surface area (Å²) in [6.45, 7) is 6.21. The Bertz CT molecular complexity index is 638. The van der Waals surface area contributed by atoms with Crippen molar-refractivity contribution in [2.75, 3.05) is 20.2 Å². The first-order valence-electron chi connectivity index (χ1n) is 8.37. The molecule has 1 aliphatic heterocycles. The molecule has 0 aliphatic carbocycles. The van der Waals surface area contributed by atoms with Crippen LogP contribution in [0.2, 0.25) is 0 Å². The minimum absolute atomic E-state index is 0.0207. The van der Waals surface area contributed by atoms with E-state index < -0.39 is 17.7 Å². The van der Waals surface area contributed by atoms with Crippen LogP contribution in [0.3, 0.4) is 0 Å². The number of hydrogen-bond acceptors (Lipinski definition) is 3. The second-order valence-corrected chi connectivity index (χ2v) is 6.75. The number of alkyl halides is 3. The van der Waals surface area contributed by atoms with Crippen molar-refractivity contribution < 1.29 is 23.0 Å². The second kappa shape index (κ2) is 7.23. The van der Waals surface area contributed by atoms with Crippen molar-refractivity contribution in [3.05, 3.63) is 23.3 Å². The highest BCUT2D eigenvalue weighted by Gasteiger charge is 2.58. The van der Waals surface area contributed by atoms with Crippen LogP contribution in [-0.2, 0) is 5.60 Å². The van der Waals surface area contributed by atoms with Crippen LogP contribution in [0.5, 0.6) is 5.75 Å². The quantitative estimate of drug-likeness (QED) is 0.635. The fourth-order valence-corrected chi connectivity index (χ4v) is 3.08. The number of likely N-dealkylation sites (tertiary alicyclic amines) is 1. The SMILES string of the molecule is COc1cc(N=CN2CCCC2)c(C)cc1C(O)(C(C)C)C(F)(F)F. The number of ether oxygens (including phenoxy) is 1. The lowest BCUT2D eigenvalue weighted by atomic mass is 9.81. The molecule has 1 aromatic rings. The minimum atomic E-state index is -4.82. The molecule has 1 unspecified atom stereocenters. The van der Waals surface area contributed by atoms with Gasteiger partial charge in [-0.15, -0.1) is 0 Å². The first kappa shape index (κ1) is 19.6. The Kier molecular flexibility index (Phi) is 5.66. The monoisotopic (exact) mass is 358 g/mol. The largest absolute Gasteiger partial charge is 0.496 e. The summed E-state index contributed by atoms with van der Waals surface area (Å²) in [5.74, 6) is -1.09.